The van der Waals surface area contributed by atoms with E-state index in [0.717, 1.165) is 23.0 Å². The minimum absolute atomic E-state index is 0.368. The van der Waals surface area contributed by atoms with Crippen LogP contribution in [0.25, 0.3) is 11.6 Å². The maximum Gasteiger partial charge on any atom is 0.309 e. The Morgan fingerprint density at radius 1 is 1.22 bits per heavy atom. The Kier molecular flexibility index (Phi) is 7.43. The minimum Gasteiger partial charge on any atom is -0.494 e. The van der Waals surface area contributed by atoms with Gasteiger partial charge in [-0.1, -0.05) is 6.07 Å². The van der Waals surface area contributed by atoms with Crippen molar-refractivity contribution in [3.8, 4) is 11.5 Å². The first kappa shape index (κ1) is 25.4. The average Bonchev–Trinajstić information content (AvgIpc) is 3.26. The topological polar surface area (TPSA) is 73.6 Å². The summed E-state index contributed by atoms with van der Waals surface area (Å²) in [5.41, 5.74) is 1.33. The van der Waals surface area contributed by atoms with Crippen LogP contribution in [0, 0.1) is 17.0 Å². The first-order chi connectivity index (χ1) is 17.1. The molecule has 190 valence electrons. The van der Waals surface area contributed by atoms with Crippen LogP contribution in [0.4, 0.5) is 8.78 Å². The van der Waals surface area contributed by atoms with Crippen molar-refractivity contribution in [1.82, 2.24) is 9.55 Å². The van der Waals surface area contributed by atoms with Crippen molar-refractivity contribution in [3.05, 3.63) is 77.4 Å². The molecule has 0 amide bonds. The van der Waals surface area contributed by atoms with Crippen LogP contribution in [-0.2, 0) is 18.3 Å². The normalized spacial score (nSPS) is 15.1. The molecule has 1 aromatic heterocycles. The van der Waals surface area contributed by atoms with Gasteiger partial charge >= 0.3 is 5.97 Å². The van der Waals surface area contributed by atoms with Gasteiger partial charge in [0.15, 0.2) is 0 Å². The van der Waals surface area contributed by atoms with E-state index in [2.05, 4.69) is 4.98 Å². The summed E-state index contributed by atoms with van der Waals surface area (Å²) in [4.78, 5) is 15.8. The first-order valence-electron chi connectivity index (χ1n) is 11.9. The summed E-state index contributed by atoms with van der Waals surface area (Å²) < 4.78 is 41.6. The van der Waals surface area contributed by atoms with E-state index in [0.29, 0.717) is 49.4 Å². The highest BCUT2D eigenvalue weighted by Gasteiger charge is 2.28. The van der Waals surface area contributed by atoms with Gasteiger partial charge in [0.05, 0.1) is 12.0 Å². The number of aryl methyl sites for hydroxylation is 2. The van der Waals surface area contributed by atoms with Crippen molar-refractivity contribution in [2.45, 2.75) is 45.6 Å². The molecule has 1 unspecified atom stereocenters. The number of nitrogens with zero attached hydrogens (tertiary/aromatic N) is 2. The van der Waals surface area contributed by atoms with Gasteiger partial charge in [-0.25, -0.2) is 13.8 Å². The number of fused-ring (bicyclic) bond motifs is 1. The van der Waals surface area contributed by atoms with E-state index in [9.17, 15) is 18.7 Å². The Balaban J connectivity index is 1.50. The van der Waals surface area contributed by atoms with Crippen molar-refractivity contribution >= 4 is 17.6 Å². The molecular weight excluding hydrogens is 466 g/mol. The van der Waals surface area contributed by atoms with E-state index in [1.807, 2.05) is 42.1 Å². The van der Waals surface area contributed by atoms with Crippen LogP contribution in [0.15, 0.2) is 48.8 Å². The predicted octanol–water partition coefficient (Wildman–Crippen LogP) is 5.90. The molecular formula is C28H30F2N2O4. The molecule has 3 aromatic rings. The number of aromatic nitrogens is 2. The smallest absolute Gasteiger partial charge is 0.309 e. The molecule has 0 saturated carbocycles. The number of aliphatic carboxylic acids is 1. The Morgan fingerprint density at radius 3 is 2.72 bits per heavy atom. The first-order valence-corrected chi connectivity index (χ1v) is 11.9. The molecule has 0 saturated heterocycles. The molecule has 2 aromatic carbocycles. The molecule has 0 bridgehead atoms. The number of halogens is 2. The number of hydrogen-bond acceptors (Lipinski definition) is 4. The van der Waals surface area contributed by atoms with E-state index in [-0.39, 0.29) is 6.10 Å². The van der Waals surface area contributed by atoms with Gasteiger partial charge in [0.2, 0.25) is 0 Å². The summed E-state index contributed by atoms with van der Waals surface area (Å²) >= 11 is 0. The number of imidazole rings is 1. The summed E-state index contributed by atoms with van der Waals surface area (Å²) in [5, 5.41) is 9.26. The fraction of sp³-hybridized carbons (Fsp3) is 0.357. The van der Waals surface area contributed by atoms with Crippen LogP contribution in [-0.4, -0.2) is 33.3 Å². The number of carboxylic acids is 1. The fourth-order valence-electron chi connectivity index (χ4n) is 4.20. The number of benzene rings is 2. The SMILES string of the molecule is Cn1ccnc1C1=Cc2cc(OCCCC(C)(C)C(=O)O)ccc2OC1CCc1ccc(F)cc1F. The van der Waals surface area contributed by atoms with E-state index in [1.165, 1.54) is 12.1 Å². The largest absolute Gasteiger partial charge is 0.494 e. The second-order valence-electron chi connectivity index (χ2n) is 9.68. The molecule has 1 aliphatic rings. The Bertz CT molecular complexity index is 1280. The second kappa shape index (κ2) is 10.5. The highest BCUT2D eigenvalue weighted by molar-refractivity contribution is 5.85. The molecule has 1 atom stereocenters. The molecule has 0 aliphatic carbocycles. The molecule has 1 aliphatic heterocycles. The predicted molar refractivity (Wildman–Crippen MR) is 133 cm³/mol. The zero-order chi connectivity index (χ0) is 25.9. The van der Waals surface area contributed by atoms with E-state index >= 15 is 0 Å². The molecule has 0 spiro atoms. The summed E-state index contributed by atoms with van der Waals surface area (Å²) in [6.45, 7) is 3.81. The van der Waals surface area contributed by atoms with Gasteiger partial charge in [-0.15, -0.1) is 0 Å². The molecule has 6 nitrogen and oxygen atoms in total. The van der Waals surface area contributed by atoms with Crippen LogP contribution < -0.4 is 9.47 Å². The van der Waals surface area contributed by atoms with Gasteiger partial charge in [-0.05, 0) is 75.4 Å². The van der Waals surface area contributed by atoms with E-state index in [4.69, 9.17) is 9.47 Å². The van der Waals surface area contributed by atoms with Gasteiger partial charge in [0.25, 0.3) is 0 Å². The van der Waals surface area contributed by atoms with Gasteiger partial charge in [-0.3, -0.25) is 4.79 Å². The highest BCUT2D eigenvalue weighted by atomic mass is 19.1. The monoisotopic (exact) mass is 496 g/mol. The lowest BCUT2D eigenvalue weighted by Crippen LogP contribution is -2.24. The van der Waals surface area contributed by atoms with Crippen LogP contribution in [0.1, 0.15) is 50.1 Å². The lowest BCUT2D eigenvalue weighted by molar-refractivity contribution is -0.147. The Hall–Kier alpha value is -3.68. The third kappa shape index (κ3) is 5.75. The number of hydrogen-bond donors (Lipinski definition) is 1. The van der Waals surface area contributed by atoms with Crippen molar-refractivity contribution < 1.29 is 28.2 Å². The van der Waals surface area contributed by atoms with Gasteiger partial charge < -0.3 is 19.1 Å². The minimum atomic E-state index is -0.822. The summed E-state index contributed by atoms with van der Waals surface area (Å²) in [7, 11) is 1.90. The molecule has 8 heteroatoms. The second-order valence-corrected chi connectivity index (χ2v) is 9.68. The highest BCUT2D eigenvalue weighted by Crippen LogP contribution is 2.37. The zero-order valence-electron chi connectivity index (χ0n) is 20.6. The molecule has 2 heterocycles. The molecule has 4 rings (SSSR count). The Morgan fingerprint density at radius 2 is 2.03 bits per heavy atom. The van der Waals surface area contributed by atoms with E-state index in [1.54, 1.807) is 20.0 Å². The third-order valence-corrected chi connectivity index (χ3v) is 6.47. The molecule has 0 fully saturated rings. The van der Waals surface area contributed by atoms with Crippen LogP contribution >= 0.6 is 0 Å². The Labute approximate surface area is 209 Å². The van der Waals surface area contributed by atoms with Crippen molar-refractivity contribution in [3.63, 3.8) is 0 Å². The fourth-order valence-corrected chi connectivity index (χ4v) is 4.20. The quantitative estimate of drug-likeness (QED) is 0.354. The summed E-state index contributed by atoms with van der Waals surface area (Å²) in [5.74, 6) is 0.0905. The summed E-state index contributed by atoms with van der Waals surface area (Å²) in [6, 6.07) is 9.16. The van der Waals surface area contributed by atoms with Crippen molar-refractivity contribution in [2.75, 3.05) is 6.61 Å². The average molecular weight is 497 g/mol. The zero-order valence-corrected chi connectivity index (χ0v) is 20.6. The number of carbonyl (C=O) groups is 1. The number of rotatable bonds is 10. The molecule has 36 heavy (non-hydrogen) atoms. The number of ether oxygens (including phenoxy) is 2. The van der Waals surface area contributed by atoms with Gasteiger partial charge in [-0.2, -0.15) is 0 Å². The van der Waals surface area contributed by atoms with Crippen molar-refractivity contribution in [1.29, 1.82) is 0 Å². The lowest BCUT2D eigenvalue weighted by atomic mass is 9.88. The van der Waals surface area contributed by atoms with Gasteiger partial charge in [0, 0.05) is 36.6 Å². The lowest BCUT2D eigenvalue weighted by Gasteiger charge is -2.27. The van der Waals surface area contributed by atoms with Crippen molar-refractivity contribution in [2.24, 2.45) is 12.5 Å². The van der Waals surface area contributed by atoms with E-state index < -0.39 is 23.0 Å². The van der Waals surface area contributed by atoms with Crippen LogP contribution in [0.3, 0.4) is 0 Å². The van der Waals surface area contributed by atoms with Crippen LogP contribution in [0.2, 0.25) is 0 Å². The standard InChI is InChI=1S/C28H30F2N2O4/c1-28(2,27(33)34)11-4-14-35-21-8-10-24-19(15-21)16-22(26-31-12-13-32(26)3)25(36-24)9-6-18-5-7-20(29)17-23(18)30/h5,7-8,10,12-13,15-17,25H,4,6,9,11,14H2,1-3H3,(H,33,34). The maximum absolute atomic E-state index is 14.2. The van der Waals surface area contributed by atoms with Gasteiger partial charge in [0.1, 0.15) is 35.1 Å². The number of carboxylic acid groups (broad SMARTS) is 1. The molecule has 0 radical (unpaired) electrons. The summed E-state index contributed by atoms with van der Waals surface area (Å²) in [6.07, 6.45) is 7.18. The maximum atomic E-state index is 14.2. The molecule has 1 N–H and O–H groups in total. The third-order valence-electron chi connectivity index (χ3n) is 6.47. The van der Waals surface area contributed by atoms with Crippen LogP contribution in [0.5, 0.6) is 11.5 Å².